The molecule has 0 unspecified atom stereocenters. The van der Waals surface area contributed by atoms with Crippen molar-refractivity contribution in [2.75, 3.05) is 24.5 Å². The maximum absolute atomic E-state index is 11.2. The summed E-state index contributed by atoms with van der Waals surface area (Å²) < 4.78 is 0. The minimum absolute atomic E-state index is 0.0220. The molecule has 0 atom stereocenters. The van der Waals surface area contributed by atoms with E-state index in [1.807, 2.05) is 0 Å². The van der Waals surface area contributed by atoms with Crippen molar-refractivity contribution in [1.29, 1.82) is 0 Å². The Bertz CT molecular complexity index is 480. The quantitative estimate of drug-likeness (QED) is 0.454. The number of hydrogen-bond acceptors (Lipinski definition) is 6. The lowest BCUT2D eigenvalue weighted by Crippen LogP contribution is -2.48. The minimum Gasteiger partial charge on any atom is -0.353 e. The Morgan fingerprint density at radius 3 is 2.94 bits per heavy atom. The summed E-state index contributed by atoms with van der Waals surface area (Å²) >= 11 is 5.66. The number of nitrogens with one attached hydrogen (secondary N) is 1. The molecule has 0 radical (unpaired) electrons. The highest BCUT2D eigenvalue weighted by Gasteiger charge is 2.28. The Balaban J connectivity index is 2.40. The lowest BCUT2D eigenvalue weighted by Gasteiger charge is -2.26. The first-order chi connectivity index (χ1) is 8.09. The molecule has 90 valence electrons. The fraction of sp³-hybridized carbons (Fsp3) is 0.375. The van der Waals surface area contributed by atoms with Crippen LogP contribution >= 0.6 is 11.6 Å². The molecular weight excluding hydrogens is 250 g/mol. The number of nitro groups is 1. The summed E-state index contributed by atoms with van der Waals surface area (Å²) in [6.07, 6.45) is 1.14. The average molecular weight is 258 g/mol. The van der Waals surface area contributed by atoms with Gasteiger partial charge in [-0.2, -0.15) is 0 Å². The van der Waals surface area contributed by atoms with Gasteiger partial charge in [-0.05, 0) is 0 Å². The molecule has 2 heterocycles. The first-order valence-corrected chi connectivity index (χ1v) is 5.14. The zero-order valence-electron chi connectivity index (χ0n) is 8.59. The minimum atomic E-state index is -0.649. The molecule has 1 fully saturated rings. The number of piperazine rings is 1. The number of anilines is 1. The van der Waals surface area contributed by atoms with Crippen molar-refractivity contribution in [1.82, 2.24) is 15.3 Å². The number of nitrogens with zero attached hydrogens (tertiary/aromatic N) is 4. The molecular formula is C8H8ClN5O3. The third kappa shape index (κ3) is 2.26. The summed E-state index contributed by atoms with van der Waals surface area (Å²) in [7, 11) is 0. The molecule has 1 aromatic heterocycles. The molecule has 9 heteroatoms. The summed E-state index contributed by atoms with van der Waals surface area (Å²) in [5, 5.41) is 13.3. The number of halogens is 1. The molecule has 0 saturated carbocycles. The molecule has 0 bridgehead atoms. The Labute approximate surface area is 101 Å². The monoisotopic (exact) mass is 257 g/mol. The van der Waals surface area contributed by atoms with E-state index in [0.717, 1.165) is 6.33 Å². The predicted molar refractivity (Wildman–Crippen MR) is 58.9 cm³/mol. The van der Waals surface area contributed by atoms with Gasteiger partial charge in [-0.25, -0.2) is 9.97 Å². The molecule has 17 heavy (non-hydrogen) atoms. The van der Waals surface area contributed by atoms with E-state index in [-0.39, 0.29) is 29.1 Å². The van der Waals surface area contributed by atoms with Gasteiger partial charge in [0.2, 0.25) is 16.9 Å². The fourth-order valence-electron chi connectivity index (χ4n) is 1.56. The SMILES string of the molecule is O=C1CN(c2ncnc(Cl)c2[N+](=O)[O-])CCN1. The summed E-state index contributed by atoms with van der Waals surface area (Å²) in [6.45, 7) is 0.881. The molecule has 1 saturated heterocycles. The molecule has 1 N–H and O–H groups in total. The maximum atomic E-state index is 11.2. The molecule has 8 nitrogen and oxygen atoms in total. The van der Waals surface area contributed by atoms with Crippen LogP contribution in [0.5, 0.6) is 0 Å². The predicted octanol–water partition coefficient (Wildman–Crippen LogP) is -0.0256. The standard InChI is InChI=1S/C8H8ClN5O3/c9-7-6(14(16)17)8(12-4-11-7)13-2-1-10-5(15)3-13/h4H,1-3H2,(H,10,15). The molecule has 0 aliphatic carbocycles. The van der Waals surface area contributed by atoms with Crippen LogP contribution in [-0.4, -0.2) is 40.4 Å². The van der Waals surface area contributed by atoms with Gasteiger partial charge in [0, 0.05) is 13.1 Å². The van der Waals surface area contributed by atoms with E-state index in [1.165, 1.54) is 4.90 Å². The van der Waals surface area contributed by atoms with E-state index >= 15 is 0 Å². The van der Waals surface area contributed by atoms with Crippen molar-refractivity contribution < 1.29 is 9.72 Å². The molecule has 1 aliphatic rings. The summed E-state index contributed by atoms with van der Waals surface area (Å²) in [5.74, 6) is -0.134. The Morgan fingerprint density at radius 2 is 2.29 bits per heavy atom. The van der Waals surface area contributed by atoms with Crippen molar-refractivity contribution in [3.05, 3.63) is 21.6 Å². The number of carbonyl (C=O) groups excluding carboxylic acids is 1. The van der Waals surface area contributed by atoms with Gasteiger partial charge in [-0.1, -0.05) is 11.6 Å². The second-order valence-electron chi connectivity index (χ2n) is 3.37. The van der Waals surface area contributed by atoms with Crippen LogP contribution in [0.4, 0.5) is 11.5 Å². The van der Waals surface area contributed by atoms with E-state index in [4.69, 9.17) is 11.6 Å². The van der Waals surface area contributed by atoms with E-state index in [2.05, 4.69) is 15.3 Å². The number of carbonyl (C=O) groups is 1. The van der Waals surface area contributed by atoms with E-state index in [9.17, 15) is 14.9 Å². The molecule has 2 rings (SSSR count). The zero-order valence-corrected chi connectivity index (χ0v) is 9.35. The molecule has 1 amide bonds. The van der Waals surface area contributed by atoms with Gasteiger partial charge < -0.3 is 10.2 Å². The smallest absolute Gasteiger partial charge is 0.348 e. The summed E-state index contributed by atoms with van der Waals surface area (Å²) in [5.41, 5.74) is -0.371. The Hall–Kier alpha value is -1.96. The molecule has 0 aromatic carbocycles. The molecule has 1 aliphatic heterocycles. The van der Waals surface area contributed by atoms with Gasteiger partial charge in [-0.3, -0.25) is 14.9 Å². The van der Waals surface area contributed by atoms with E-state index in [1.54, 1.807) is 0 Å². The van der Waals surface area contributed by atoms with Gasteiger partial charge in [0.15, 0.2) is 0 Å². The van der Waals surface area contributed by atoms with Gasteiger partial charge >= 0.3 is 5.69 Å². The van der Waals surface area contributed by atoms with E-state index in [0.29, 0.717) is 13.1 Å². The van der Waals surface area contributed by atoms with Crippen LogP contribution in [0.25, 0.3) is 0 Å². The Morgan fingerprint density at radius 1 is 1.53 bits per heavy atom. The topological polar surface area (TPSA) is 101 Å². The first-order valence-electron chi connectivity index (χ1n) is 4.76. The van der Waals surface area contributed by atoms with Crippen LogP contribution in [0.1, 0.15) is 0 Å². The zero-order chi connectivity index (χ0) is 12.4. The van der Waals surface area contributed by atoms with E-state index < -0.39 is 4.92 Å². The van der Waals surface area contributed by atoms with Gasteiger partial charge in [0.05, 0.1) is 11.5 Å². The van der Waals surface area contributed by atoms with Gasteiger partial charge in [0.25, 0.3) is 0 Å². The number of hydrogen-bond donors (Lipinski definition) is 1. The second kappa shape index (κ2) is 4.50. The normalized spacial score (nSPS) is 15.6. The van der Waals surface area contributed by atoms with Gasteiger partial charge in [-0.15, -0.1) is 0 Å². The highest BCUT2D eigenvalue weighted by Crippen LogP contribution is 2.31. The summed E-state index contributed by atoms with van der Waals surface area (Å²) in [6, 6.07) is 0. The van der Waals surface area contributed by atoms with Crippen molar-refractivity contribution in [3.63, 3.8) is 0 Å². The maximum Gasteiger partial charge on any atom is 0.348 e. The van der Waals surface area contributed by atoms with Crippen molar-refractivity contribution in [3.8, 4) is 0 Å². The van der Waals surface area contributed by atoms with Crippen LogP contribution < -0.4 is 10.2 Å². The fourth-order valence-corrected chi connectivity index (χ4v) is 1.75. The van der Waals surface area contributed by atoms with Crippen molar-refractivity contribution >= 4 is 29.0 Å². The van der Waals surface area contributed by atoms with Crippen LogP contribution in [0, 0.1) is 10.1 Å². The van der Waals surface area contributed by atoms with Crippen molar-refractivity contribution in [2.24, 2.45) is 0 Å². The highest BCUT2D eigenvalue weighted by atomic mass is 35.5. The largest absolute Gasteiger partial charge is 0.353 e. The number of aromatic nitrogens is 2. The third-order valence-corrected chi connectivity index (χ3v) is 2.56. The summed E-state index contributed by atoms with van der Waals surface area (Å²) in [4.78, 5) is 30.3. The van der Waals surface area contributed by atoms with Crippen LogP contribution in [0.2, 0.25) is 5.15 Å². The highest BCUT2D eigenvalue weighted by molar-refractivity contribution is 6.31. The lowest BCUT2D eigenvalue weighted by atomic mass is 10.3. The number of rotatable bonds is 2. The van der Waals surface area contributed by atoms with Gasteiger partial charge in [0.1, 0.15) is 6.33 Å². The molecule has 0 spiro atoms. The second-order valence-corrected chi connectivity index (χ2v) is 3.72. The van der Waals surface area contributed by atoms with Crippen LogP contribution in [-0.2, 0) is 4.79 Å². The number of amides is 1. The van der Waals surface area contributed by atoms with Crippen molar-refractivity contribution in [2.45, 2.75) is 0 Å². The lowest BCUT2D eigenvalue weighted by molar-refractivity contribution is -0.384. The first kappa shape index (κ1) is 11.5. The Kier molecular flexibility index (Phi) is 3.05. The molecule has 1 aromatic rings. The third-order valence-electron chi connectivity index (χ3n) is 2.28. The van der Waals surface area contributed by atoms with Crippen LogP contribution in [0.3, 0.4) is 0 Å². The average Bonchev–Trinajstić information content (AvgIpc) is 2.28. The van der Waals surface area contributed by atoms with Crippen LogP contribution in [0.15, 0.2) is 6.33 Å².